The average Bonchev–Trinajstić information content (AvgIpc) is 3.39. The zero-order valence-corrected chi connectivity index (χ0v) is 15.3. The van der Waals surface area contributed by atoms with Gasteiger partial charge in [0.15, 0.2) is 0 Å². The lowest BCUT2D eigenvalue weighted by Crippen LogP contribution is -2.42. The lowest BCUT2D eigenvalue weighted by atomic mass is 10.0. The Bertz CT molecular complexity index is 482. The number of piperidine rings is 1. The Kier molecular flexibility index (Phi) is 7.19. The molecule has 1 aromatic carbocycles. The highest BCUT2D eigenvalue weighted by atomic mass is 35.5. The van der Waals surface area contributed by atoms with Crippen molar-refractivity contribution in [3.63, 3.8) is 0 Å². The van der Waals surface area contributed by atoms with E-state index in [0.717, 1.165) is 30.7 Å². The van der Waals surface area contributed by atoms with Crippen molar-refractivity contribution in [1.82, 2.24) is 10.2 Å². The van der Waals surface area contributed by atoms with E-state index >= 15 is 0 Å². The Morgan fingerprint density at radius 1 is 1.13 bits per heavy atom. The van der Waals surface area contributed by atoms with Gasteiger partial charge in [0.05, 0.1) is 7.11 Å². The van der Waals surface area contributed by atoms with Crippen molar-refractivity contribution >= 4 is 12.4 Å². The first kappa shape index (κ1) is 18.6. The van der Waals surface area contributed by atoms with E-state index in [1.54, 1.807) is 7.11 Å². The number of rotatable bonds is 7. The molecule has 23 heavy (non-hydrogen) atoms. The molecule has 1 N–H and O–H groups in total. The van der Waals surface area contributed by atoms with Gasteiger partial charge in [-0.25, -0.2) is 0 Å². The van der Waals surface area contributed by atoms with Gasteiger partial charge in [-0.15, -0.1) is 12.4 Å². The average molecular weight is 339 g/mol. The molecule has 0 spiro atoms. The maximum absolute atomic E-state index is 5.35. The Labute approximate surface area is 147 Å². The number of hydrogen-bond donors (Lipinski definition) is 1. The quantitative estimate of drug-likeness (QED) is 0.821. The summed E-state index contributed by atoms with van der Waals surface area (Å²) in [5, 5.41) is 3.76. The van der Waals surface area contributed by atoms with Crippen molar-refractivity contribution in [2.75, 3.05) is 26.7 Å². The molecule has 3 rings (SSSR count). The molecule has 3 nitrogen and oxygen atoms in total. The molecule has 0 aromatic heterocycles. The van der Waals surface area contributed by atoms with E-state index in [2.05, 4.69) is 35.3 Å². The first-order valence-electron chi connectivity index (χ1n) is 8.90. The van der Waals surface area contributed by atoms with Crippen molar-refractivity contribution in [3.05, 3.63) is 29.3 Å². The van der Waals surface area contributed by atoms with E-state index in [9.17, 15) is 0 Å². The lowest BCUT2D eigenvalue weighted by Gasteiger charge is -2.33. The molecule has 0 unspecified atom stereocenters. The molecule has 0 radical (unpaired) electrons. The number of methoxy groups -OCH3 is 1. The van der Waals surface area contributed by atoms with Crippen LogP contribution in [0, 0.1) is 5.92 Å². The van der Waals surface area contributed by atoms with Crippen molar-refractivity contribution in [3.8, 4) is 5.75 Å². The normalized spacial score (nSPS) is 19.4. The molecule has 1 saturated heterocycles. The SMILES string of the molecule is CCc1cc(OC)ccc1CN1CCC(NCC2CC2)CC1.Cl. The molecule has 130 valence electrons. The largest absolute Gasteiger partial charge is 0.497 e. The van der Waals surface area contributed by atoms with Crippen molar-refractivity contribution in [1.29, 1.82) is 0 Å². The summed E-state index contributed by atoms with van der Waals surface area (Å²) in [6.07, 6.45) is 6.56. The van der Waals surface area contributed by atoms with Gasteiger partial charge in [0.1, 0.15) is 5.75 Å². The molecule has 1 aromatic rings. The maximum Gasteiger partial charge on any atom is 0.119 e. The minimum atomic E-state index is 0. The Hall–Kier alpha value is -0.770. The minimum absolute atomic E-state index is 0. The van der Waals surface area contributed by atoms with Crippen LogP contribution >= 0.6 is 12.4 Å². The summed E-state index contributed by atoms with van der Waals surface area (Å²) in [6.45, 7) is 7.01. The minimum Gasteiger partial charge on any atom is -0.497 e. The molecule has 2 aliphatic rings. The summed E-state index contributed by atoms with van der Waals surface area (Å²) < 4.78 is 5.35. The van der Waals surface area contributed by atoms with Gasteiger partial charge >= 0.3 is 0 Å². The van der Waals surface area contributed by atoms with E-state index in [4.69, 9.17) is 4.74 Å². The van der Waals surface area contributed by atoms with Crippen LogP contribution in [0.25, 0.3) is 0 Å². The van der Waals surface area contributed by atoms with Gasteiger partial charge in [0.2, 0.25) is 0 Å². The fourth-order valence-electron chi connectivity index (χ4n) is 3.40. The molecular formula is C19H31ClN2O. The summed E-state index contributed by atoms with van der Waals surface area (Å²) in [4.78, 5) is 2.61. The third-order valence-electron chi connectivity index (χ3n) is 5.17. The van der Waals surface area contributed by atoms with Crippen LogP contribution in [0.3, 0.4) is 0 Å². The predicted octanol–water partition coefficient (Wildman–Crippen LogP) is 3.64. The molecule has 0 amide bonds. The van der Waals surface area contributed by atoms with Crippen LogP contribution in [0.15, 0.2) is 18.2 Å². The molecule has 1 heterocycles. The number of aryl methyl sites for hydroxylation is 1. The molecule has 0 atom stereocenters. The Morgan fingerprint density at radius 2 is 1.87 bits per heavy atom. The zero-order valence-electron chi connectivity index (χ0n) is 14.5. The second-order valence-electron chi connectivity index (χ2n) is 6.89. The number of ether oxygens (including phenoxy) is 1. The first-order chi connectivity index (χ1) is 10.8. The van der Waals surface area contributed by atoms with Crippen LogP contribution in [0.1, 0.15) is 43.7 Å². The lowest BCUT2D eigenvalue weighted by molar-refractivity contribution is 0.189. The van der Waals surface area contributed by atoms with E-state index in [1.807, 2.05) is 0 Å². The van der Waals surface area contributed by atoms with Crippen LogP contribution < -0.4 is 10.1 Å². The van der Waals surface area contributed by atoms with E-state index in [1.165, 1.54) is 56.4 Å². The monoisotopic (exact) mass is 338 g/mol. The molecule has 0 bridgehead atoms. The van der Waals surface area contributed by atoms with Gasteiger partial charge in [-0.2, -0.15) is 0 Å². The van der Waals surface area contributed by atoms with E-state index in [0.29, 0.717) is 0 Å². The summed E-state index contributed by atoms with van der Waals surface area (Å²) in [5.74, 6) is 1.97. The number of likely N-dealkylation sites (tertiary alicyclic amines) is 1. The topological polar surface area (TPSA) is 24.5 Å². The van der Waals surface area contributed by atoms with Gasteiger partial charge in [-0.05, 0) is 80.9 Å². The highest BCUT2D eigenvalue weighted by Gasteiger charge is 2.24. The van der Waals surface area contributed by atoms with Gasteiger partial charge in [-0.3, -0.25) is 4.90 Å². The standard InChI is InChI=1S/C19H30N2O.ClH/c1-3-16-12-19(22-2)7-6-17(16)14-21-10-8-18(9-11-21)20-13-15-4-5-15;/h6-7,12,15,18,20H,3-5,8-11,13-14H2,1-2H3;1H. The van der Waals surface area contributed by atoms with Crippen LogP contribution in [0.2, 0.25) is 0 Å². The van der Waals surface area contributed by atoms with Crippen LogP contribution in [0.4, 0.5) is 0 Å². The summed E-state index contributed by atoms with van der Waals surface area (Å²) in [5.41, 5.74) is 2.89. The second-order valence-corrected chi connectivity index (χ2v) is 6.89. The zero-order chi connectivity index (χ0) is 15.4. The van der Waals surface area contributed by atoms with Crippen LogP contribution in [0.5, 0.6) is 5.75 Å². The van der Waals surface area contributed by atoms with Crippen molar-refractivity contribution in [2.24, 2.45) is 5.92 Å². The predicted molar refractivity (Wildman–Crippen MR) is 98.6 cm³/mol. The first-order valence-corrected chi connectivity index (χ1v) is 8.90. The van der Waals surface area contributed by atoms with Crippen LogP contribution in [-0.4, -0.2) is 37.7 Å². The number of nitrogens with one attached hydrogen (secondary N) is 1. The maximum atomic E-state index is 5.35. The third-order valence-corrected chi connectivity index (χ3v) is 5.17. The fraction of sp³-hybridized carbons (Fsp3) is 0.684. The molecule has 1 aliphatic carbocycles. The second kappa shape index (κ2) is 8.91. The van der Waals surface area contributed by atoms with E-state index < -0.39 is 0 Å². The molecular weight excluding hydrogens is 308 g/mol. The smallest absolute Gasteiger partial charge is 0.119 e. The van der Waals surface area contributed by atoms with Gasteiger partial charge in [-0.1, -0.05) is 13.0 Å². The Morgan fingerprint density at radius 3 is 2.48 bits per heavy atom. The third kappa shape index (κ3) is 5.37. The molecule has 1 aliphatic heterocycles. The molecule has 1 saturated carbocycles. The van der Waals surface area contributed by atoms with Gasteiger partial charge in [0.25, 0.3) is 0 Å². The van der Waals surface area contributed by atoms with Crippen molar-refractivity contribution < 1.29 is 4.74 Å². The molecule has 4 heteroatoms. The number of nitrogens with zero attached hydrogens (tertiary/aromatic N) is 1. The Balaban J connectivity index is 0.00000192. The van der Waals surface area contributed by atoms with Gasteiger partial charge < -0.3 is 10.1 Å². The number of halogens is 1. The van der Waals surface area contributed by atoms with Crippen molar-refractivity contribution in [2.45, 2.75) is 51.6 Å². The van der Waals surface area contributed by atoms with Gasteiger partial charge in [0, 0.05) is 12.6 Å². The number of hydrogen-bond acceptors (Lipinski definition) is 3. The van der Waals surface area contributed by atoms with Crippen LogP contribution in [-0.2, 0) is 13.0 Å². The fourth-order valence-corrected chi connectivity index (χ4v) is 3.40. The molecule has 2 fully saturated rings. The summed E-state index contributed by atoms with van der Waals surface area (Å²) >= 11 is 0. The highest BCUT2D eigenvalue weighted by molar-refractivity contribution is 5.85. The number of benzene rings is 1. The highest BCUT2D eigenvalue weighted by Crippen LogP contribution is 2.28. The summed E-state index contributed by atoms with van der Waals surface area (Å²) in [7, 11) is 1.74. The summed E-state index contributed by atoms with van der Waals surface area (Å²) in [6, 6.07) is 7.28. The van der Waals surface area contributed by atoms with E-state index in [-0.39, 0.29) is 12.4 Å².